The molecule has 0 aliphatic carbocycles. The predicted octanol–water partition coefficient (Wildman–Crippen LogP) is 3.51. The lowest BCUT2D eigenvalue weighted by molar-refractivity contribution is 0.211. The van der Waals surface area contributed by atoms with Crippen LogP contribution in [0.2, 0.25) is 0 Å². The molecule has 0 saturated heterocycles. The molecule has 1 aromatic heterocycles. The van der Waals surface area contributed by atoms with Gasteiger partial charge in [-0.3, -0.25) is 0 Å². The number of nitrogens with one attached hydrogen (secondary N) is 1. The van der Waals surface area contributed by atoms with Crippen molar-refractivity contribution in [2.75, 3.05) is 25.6 Å². The zero-order valence-electron chi connectivity index (χ0n) is 12.0. The standard InChI is InChI=1S/C14H19N3OS2/c1-10-6-11(2)8-12(7-10)9-19-14-17-16-13(20-14)15-4-5-18-3/h6-8H,4-5,9H2,1-3H3,(H,15,16). The largest absolute Gasteiger partial charge is 0.383 e. The molecule has 0 spiro atoms. The van der Waals surface area contributed by atoms with Crippen LogP contribution < -0.4 is 5.32 Å². The van der Waals surface area contributed by atoms with Crippen molar-refractivity contribution in [1.82, 2.24) is 10.2 Å². The number of hydrogen-bond acceptors (Lipinski definition) is 6. The highest BCUT2D eigenvalue weighted by molar-refractivity contribution is 8.00. The second-order valence-corrected chi connectivity index (χ2v) is 6.78. The molecule has 0 unspecified atom stereocenters. The number of hydrogen-bond donors (Lipinski definition) is 1. The molecule has 6 heteroatoms. The Morgan fingerprint density at radius 2 is 1.95 bits per heavy atom. The Bertz CT molecular complexity index is 537. The van der Waals surface area contributed by atoms with Gasteiger partial charge in [-0.1, -0.05) is 52.4 Å². The molecule has 2 rings (SSSR count). The maximum absolute atomic E-state index is 4.99. The van der Waals surface area contributed by atoms with Gasteiger partial charge < -0.3 is 10.1 Å². The van der Waals surface area contributed by atoms with Crippen LogP contribution in [0.25, 0.3) is 0 Å². The molecule has 0 aliphatic heterocycles. The third-order valence-electron chi connectivity index (χ3n) is 2.63. The first-order chi connectivity index (χ1) is 9.67. The second kappa shape index (κ2) is 7.61. The molecular formula is C14H19N3OS2. The average molecular weight is 309 g/mol. The summed E-state index contributed by atoms with van der Waals surface area (Å²) in [7, 11) is 1.69. The van der Waals surface area contributed by atoms with Crippen molar-refractivity contribution in [1.29, 1.82) is 0 Å². The highest BCUT2D eigenvalue weighted by Gasteiger charge is 2.05. The van der Waals surface area contributed by atoms with Crippen molar-refractivity contribution < 1.29 is 4.74 Å². The summed E-state index contributed by atoms with van der Waals surface area (Å²) in [6.07, 6.45) is 0. The molecule has 0 aliphatic rings. The van der Waals surface area contributed by atoms with E-state index in [1.54, 1.807) is 30.2 Å². The van der Waals surface area contributed by atoms with Gasteiger partial charge in [0.2, 0.25) is 5.13 Å². The summed E-state index contributed by atoms with van der Waals surface area (Å²) in [5.41, 5.74) is 3.94. The minimum absolute atomic E-state index is 0.671. The van der Waals surface area contributed by atoms with E-state index in [0.717, 1.165) is 21.8 Å². The van der Waals surface area contributed by atoms with Crippen molar-refractivity contribution in [2.24, 2.45) is 0 Å². The number of anilines is 1. The molecule has 0 atom stereocenters. The van der Waals surface area contributed by atoms with Crippen LogP contribution in [0.4, 0.5) is 5.13 Å². The Labute approximate surface area is 128 Å². The smallest absolute Gasteiger partial charge is 0.206 e. The van der Waals surface area contributed by atoms with Crippen molar-refractivity contribution >= 4 is 28.2 Å². The van der Waals surface area contributed by atoms with Crippen molar-refractivity contribution in [3.05, 3.63) is 34.9 Å². The van der Waals surface area contributed by atoms with Crippen LogP contribution in [0.15, 0.2) is 22.5 Å². The van der Waals surface area contributed by atoms with Gasteiger partial charge in [0.05, 0.1) is 6.61 Å². The van der Waals surface area contributed by atoms with Crippen molar-refractivity contribution in [2.45, 2.75) is 23.9 Å². The topological polar surface area (TPSA) is 47.0 Å². The first-order valence-corrected chi connectivity index (χ1v) is 8.24. The highest BCUT2D eigenvalue weighted by Crippen LogP contribution is 2.28. The van der Waals surface area contributed by atoms with Gasteiger partial charge in [-0.25, -0.2) is 0 Å². The third-order valence-corrected chi connectivity index (χ3v) is 4.72. The number of aryl methyl sites for hydroxylation is 2. The molecule has 108 valence electrons. The lowest BCUT2D eigenvalue weighted by Crippen LogP contribution is -2.06. The minimum Gasteiger partial charge on any atom is -0.383 e. The van der Waals surface area contributed by atoms with Gasteiger partial charge in [-0.15, -0.1) is 10.2 Å². The second-order valence-electron chi connectivity index (χ2n) is 4.58. The maximum atomic E-state index is 4.99. The fourth-order valence-corrected chi connectivity index (χ4v) is 3.60. The van der Waals surface area contributed by atoms with E-state index in [2.05, 4.69) is 47.6 Å². The normalized spacial score (nSPS) is 10.8. The number of methoxy groups -OCH3 is 1. The Morgan fingerprint density at radius 1 is 1.20 bits per heavy atom. The summed E-state index contributed by atoms with van der Waals surface area (Å²) in [6.45, 7) is 5.69. The monoisotopic (exact) mass is 309 g/mol. The third kappa shape index (κ3) is 4.77. The lowest BCUT2D eigenvalue weighted by atomic mass is 10.1. The predicted molar refractivity (Wildman–Crippen MR) is 85.8 cm³/mol. The zero-order valence-corrected chi connectivity index (χ0v) is 13.6. The number of nitrogens with zero attached hydrogens (tertiary/aromatic N) is 2. The number of ether oxygens (including phenoxy) is 1. The lowest BCUT2D eigenvalue weighted by Gasteiger charge is -2.03. The highest BCUT2D eigenvalue weighted by atomic mass is 32.2. The first kappa shape index (κ1) is 15.3. The molecular weight excluding hydrogens is 290 g/mol. The summed E-state index contributed by atoms with van der Waals surface area (Å²) in [6, 6.07) is 6.63. The molecule has 0 bridgehead atoms. The van der Waals surface area contributed by atoms with E-state index < -0.39 is 0 Å². The Kier molecular flexibility index (Phi) is 5.82. The van der Waals surface area contributed by atoms with Crippen LogP contribution >= 0.6 is 23.1 Å². The van der Waals surface area contributed by atoms with Crippen LogP contribution in [-0.2, 0) is 10.5 Å². The van der Waals surface area contributed by atoms with E-state index in [1.165, 1.54) is 16.7 Å². The van der Waals surface area contributed by atoms with E-state index in [4.69, 9.17) is 4.74 Å². The fourth-order valence-electron chi connectivity index (χ4n) is 1.90. The molecule has 0 saturated carbocycles. The van der Waals surface area contributed by atoms with Gasteiger partial charge in [0.25, 0.3) is 0 Å². The summed E-state index contributed by atoms with van der Waals surface area (Å²) in [5.74, 6) is 0.926. The molecule has 20 heavy (non-hydrogen) atoms. The van der Waals surface area contributed by atoms with E-state index in [1.807, 2.05) is 0 Å². The molecule has 0 amide bonds. The van der Waals surface area contributed by atoms with Gasteiger partial charge in [0.15, 0.2) is 4.34 Å². The zero-order chi connectivity index (χ0) is 14.4. The van der Waals surface area contributed by atoms with E-state index in [9.17, 15) is 0 Å². The Hall–Kier alpha value is -1.11. The van der Waals surface area contributed by atoms with Crippen molar-refractivity contribution in [3.63, 3.8) is 0 Å². The molecule has 1 heterocycles. The van der Waals surface area contributed by atoms with Gasteiger partial charge in [-0.2, -0.15) is 0 Å². The van der Waals surface area contributed by atoms with E-state index >= 15 is 0 Å². The van der Waals surface area contributed by atoms with Crippen LogP contribution in [-0.4, -0.2) is 30.5 Å². The number of aromatic nitrogens is 2. The van der Waals surface area contributed by atoms with E-state index in [0.29, 0.717) is 6.61 Å². The number of rotatable bonds is 7. The Morgan fingerprint density at radius 3 is 2.65 bits per heavy atom. The fraction of sp³-hybridized carbons (Fsp3) is 0.429. The summed E-state index contributed by atoms with van der Waals surface area (Å²) >= 11 is 3.31. The quantitative estimate of drug-likeness (QED) is 0.626. The Balaban J connectivity index is 1.87. The molecule has 1 aromatic carbocycles. The summed E-state index contributed by atoms with van der Waals surface area (Å²) < 4.78 is 5.98. The molecule has 0 fully saturated rings. The molecule has 2 aromatic rings. The van der Waals surface area contributed by atoms with Gasteiger partial charge >= 0.3 is 0 Å². The maximum Gasteiger partial charge on any atom is 0.206 e. The first-order valence-electron chi connectivity index (χ1n) is 6.43. The van der Waals surface area contributed by atoms with Crippen LogP contribution in [0.5, 0.6) is 0 Å². The van der Waals surface area contributed by atoms with Crippen LogP contribution in [0.1, 0.15) is 16.7 Å². The summed E-state index contributed by atoms with van der Waals surface area (Å²) in [4.78, 5) is 0. The van der Waals surface area contributed by atoms with Crippen molar-refractivity contribution in [3.8, 4) is 0 Å². The molecule has 4 nitrogen and oxygen atoms in total. The van der Waals surface area contributed by atoms with Crippen LogP contribution in [0.3, 0.4) is 0 Å². The molecule has 0 radical (unpaired) electrons. The van der Waals surface area contributed by atoms with E-state index in [-0.39, 0.29) is 0 Å². The average Bonchev–Trinajstić information content (AvgIpc) is 2.84. The number of benzene rings is 1. The van der Waals surface area contributed by atoms with Gasteiger partial charge in [-0.05, 0) is 19.4 Å². The molecule has 1 N–H and O–H groups in total. The number of thioether (sulfide) groups is 1. The SMILES string of the molecule is COCCNc1nnc(SCc2cc(C)cc(C)c2)s1. The minimum atomic E-state index is 0.671. The summed E-state index contributed by atoms with van der Waals surface area (Å²) in [5, 5.41) is 12.3. The van der Waals surface area contributed by atoms with Gasteiger partial charge in [0, 0.05) is 19.4 Å². The van der Waals surface area contributed by atoms with Gasteiger partial charge in [0.1, 0.15) is 0 Å². The van der Waals surface area contributed by atoms with Crippen LogP contribution in [0, 0.1) is 13.8 Å².